The van der Waals surface area contributed by atoms with Crippen molar-refractivity contribution >= 4 is 21.1 Å². The lowest BCUT2D eigenvalue weighted by Crippen LogP contribution is -2.40. The summed E-state index contributed by atoms with van der Waals surface area (Å²) in [4.78, 5) is 15.9. The van der Waals surface area contributed by atoms with Crippen LogP contribution in [0.15, 0.2) is 26.5 Å². The second kappa shape index (κ2) is 4.98. The van der Waals surface area contributed by atoms with Gasteiger partial charge in [-0.15, -0.1) is 0 Å². The Labute approximate surface area is 136 Å². The Morgan fingerprint density at radius 2 is 2.08 bits per heavy atom. The van der Waals surface area contributed by atoms with Gasteiger partial charge in [0.1, 0.15) is 10.7 Å². The summed E-state index contributed by atoms with van der Waals surface area (Å²) in [5, 5.41) is 8.42. The summed E-state index contributed by atoms with van der Waals surface area (Å²) in [6, 6.07) is 1.50. The zero-order chi connectivity index (χ0) is 17.1. The first-order valence-electron chi connectivity index (χ1n) is 7.23. The van der Waals surface area contributed by atoms with E-state index in [1.54, 1.807) is 14.0 Å². The number of aromatic nitrogens is 5. The van der Waals surface area contributed by atoms with Crippen molar-refractivity contribution in [1.82, 2.24) is 28.8 Å². The molecule has 11 heteroatoms. The van der Waals surface area contributed by atoms with Crippen molar-refractivity contribution < 1.29 is 12.9 Å². The smallest absolute Gasteiger partial charge is 0.336 e. The number of pyridine rings is 1. The highest BCUT2D eigenvalue weighted by Gasteiger charge is 2.31. The van der Waals surface area contributed by atoms with Gasteiger partial charge in [-0.3, -0.25) is 4.57 Å². The highest BCUT2D eigenvalue weighted by Crippen LogP contribution is 2.24. The number of rotatable bonds is 2. The van der Waals surface area contributed by atoms with Crippen LogP contribution in [0.2, 0.25) is 0 Å². The van der Waals surface area contributed by atoms with Gasteiger partial charge in [0, 0.05) is 20.1 Å². The van der Waals surface area contributed by atoms with Gasteiger partial charge in [0.25, 0.3) is 5.71 Å². The van der Waals surface area contributed by atoms with Gasteiger partial charge in [-0.2, -0.15) is 9.40 Å². The van der Waals surface area contributed by atoms with Crippen LogP contribution < -0.4 is 5.69 Å². The molecule has 0 atom stereocenters. The average Bonchev–Trinajstić information content (AvgIpc) is 3.07. The van der Waals surface area contributed by atoms with Crippen LogP contribution in [0.25, 0.3) is 11.1 Å². The van der Waals surface area contributed by atoms with Crippen molar-refractivity contribution in [3.8, 4) is 0 Å². The van der Waals surface area contributed by atoms with E-state index in [9.17, 15) is 13.2 Å². The molecule has 0 amide bonds. The van der Waals surface area contributed by atoms with Crippen molar-refractivity contribution in [2.24, 2.45) is 7.05 Å². The van der Waals surface area contributed by atoms with Gasteiger partial charge < -0.3 is 4.52 Å². The molecule has 0 fully saturated rings. The molecule has 3 aromatic heterocycles. The molecule has 0 bridgehead atoms. The van der Waals surface area contributed by atoms with Crippen LogP contribution in [0.1, 0.15) is 11.5 Å². The summed E-state index contributed by atoms with van der Waals surface area (Å²) in [5.41, 5.74) is 0.626. The van der Waals surface area contributed by atoms with Gasteiger partial charge in [0.15, 0.2) is 0 Å². The monoisotopic (exact) mass is 350 g/mol. The molecule has 0 aromatic carbocycles. The molecule has 0 radical (unpaired) electrons. The van der Waals surface area contributed by atoms with Crippen LogP contribution in [-0.2, 0) is 30.2 Å². The molecular formula is C13H14N6O4S. The number of hydrogen-bond acceptors (Lipinski definition) is 7. The predicted octanol–water partition coefficient (Wildman–Crippen LogP) is -0.369. The molecule has 24 heavy (non-hydrogen) atoms. The van der Waals surface area contributed by atoms with E-state index in [2.05, 4.69) is 15.2 Å². The van der Waals surface area contributed by atoms with E-state index >= 15 is 0 Å². The minimum Gasteiger partial charge on any atom is -0.336 e. The number of sulfonamides is 1. The lowest BCUT2D eigenvalue weighted by Gasteiger charge is -2.25. The van der Waals surface area contributed by atoms with Gasteiger partial charge in [-0.1, -0.05) is 5.16 Å². The molecule has 0 spiro atoms. The number of aryl methyl sites for hydroxylation is 2. The molecule has 0 N–H and O–H groups in total. The Balaban J connectivity index is 1.74. The second-order valence-corrected chi connectivity index (χ2v) is 7.54. The molecule has 0 unspecified atom stereocenters. The summed E-state index contributed by atoms with van der Waals surface area (Å²) >= 11 is 0. The Kier molecular flexibility index (Phi) is 3.12. The SMILES string of the molecule is Cc1noc2ncc(S(=O)(=O)N3CCn4c(nn(C)c4=O)C3)cc12. The minimum atomic E-state index is -3.76. The van der Waals surface area contributed by atoms with E-state index in [4.69, 9.17) is 4.52 Å². The number of fused-ring (bicyclic) bond motifs is 2. The number of nitrogens with zero attached hydrogens (tertiary/aromatic N) is 6. The molecule has 1 aliphatic rings. The maximum Gasteiger partial charge on any atom is 0.345 e. The normalized spacial score (nSPS) is 15.8. The fraction of sp³-hybridized carbons (Fsp3) is 0.385. The molecule has 3 aromatic rings. The van der Waals surface area contributed by atoms with Crippen LogP contribution in [0.3, 0.4) is 0 Å². The minimum absolute atomic E-state index is 0.0407. The van der Waals surface area contributed by atoms with E-state index in [1.165, 1.54) is 25.8 Å². The molecule has 0 saturated carbocycles. The van der Waals surface area contributed by atoms with Gasteiger partial charge >= 0.3 is 5.69 Å². The summed E-state index contributed by atoms with van der Waals surface area (Å²) in [6.45, 7) is 2.22. The highest BCUT2D eigenvalue weighted by molar-refractivity contribution is 7.89. The molecule has 4 rings (SSSR count). The molecule has 10 nitrogen and oxygen atoms in total. The van der Waals surface area contributed by atoms with E-state index < -0.39 is 10.0 Å². The summed E-state index contributed by atoms with van der Waals surface area (Å²) in [5.74, 6) is 0.424. The third-order valence-corrected chi connectivity index (χ3v) is 5.91. The highest BCUT2D eigenvalue weighted by atomic mass is 32.2. The van der Waals surface area contributed by atoms with Crippen molar-refractivity contribution in [1.29, 1.82) is 0 Å². The molecule has 4 heterocycles. The fourth-order valence-corrected chi connectivity index (χ4v) is 4.12. The maximum absolute atomic E-state index is 12.9. The van der Waals surface area contributed by atoms with Crippen LogP contribution in [0.4, 0.5) is 0 Å². The lowest BCUT2D eigenvalue weighted by molar-refractivity contribution is 0.332. The maximum atomic E-state index is 12.9. The van der Waals surface area contributed by atoms with E-state index in [0.29, 0.717) is 22.6 Å². The lowest BCUT2D eigenvalue weighted by atomic mass is 10.3. The fourth-order valence-electron chi connectivity index (χ4n) is 2.77. The third kappa shape index (κ3) is 2.08. The van der Waals surface area contributed by atoms with Crippen LogP contribution in [-0.4, -0.2) is 43.8 Å². The first kappa shape index (κ1) is 15.0. The largest absolute Gasteiger partial charge is 0.345 e. The topological polar surface area (TPSA) is 116 Å². The van der Waals surface area contributed by atoms with Crippen molar-refractivity contribution in [2.45, 2.75) is 24.9 Å². The zero-order valence-electron chi connectivity index (χ0n) is 13.0. The second-order valence-electron chi connectivity index (χ2n) is 5.60. The Hall–Kier alpha value is -2.53. The Bertz CT molecular complexity index is 1110. The van der Waals surface area contributed by atoms with Crippen molar-refractivity contribution in [2.75, 3.05) is 6.54 Å². The molecular weight excluding hydrogens is 336 g/mol. The zero-order valence-corrected chi connectivity index (χ0v) is 13.8. The molecule has 0 aliphatic carbocycles. The molecule has 1 aliphatic heterocycles. The van der Waals surface area contributed by atoms with Crippen LogP contribution in [0, 0.1) is 6.92 Å². The first-order chi connectivity index (χ1) is 11.4. The summed E-state index contributed by atoms with van der Waals surface area (Å²) in [7, 11) is -2.22. The predicted molar refractivity (Wildman–Crippen MR) is 81.6 cm³/mol. The third-order valence-electron chi connectivity index (χ3n) is 4.10. The number of hydrogen-bond donors (Lipinski definition) is 0. The molecule has 126 valence electrons. The van der Waals surface area contributed by atoms with Crippen molar-refractivity contribution in [3.63, 3.8) is 0 Å². The quantitative estimate of drug-likeness (QED) is 0.619. The van der Waals surface area contributed by atoms with E-state index in [-0.39, 0.29) is 30.2 Å². The van der Waals surface area contributed by atoms with Gasteiger partial charge in [-0.25, -0.2) is 22.9 Å². The van der Waals surface area contributed by atoms with Gasteiger partial charge in [-0.05, 0) is 13.0 Å². The van der Waals surface area contributed by atoms with E-state index in [0.717, 1.165) is 0 Å². The average molecular weight is 350 g/mol. The van der Waals surface area contributed by atoms with Gasteiger partial charge in [0.2, 0.25) is 10.0 Å². The van der Waals surface area contributed by atoms with Crippen molar-refractivity contribution in [3.05, 3.63) is 34.3 Å². The molecule has 0 saturated heterocycles. The summed E-state index contributed by atoms with van der Waals surface area (Å²) < 4.78 is 34.7. The summed E-state index contributed by atoms with van der Waals surface area (Å²) in [6.07, 6.45) is 1.25. The van der Waals surface area contributed by atoms with Gasteiger partial charge in [0.05, 0.1) is 23.8 Å². The van der Waals surface area contributed by atoms with Crippen LogP contribution >= 0.6 is 0 Å². The standard InChI is InChI=1S/C13H14N6O4S/c1-8-10-5-9(6-14-12(10)23-16-8)24(21,22)18-3-4-19-11(7-18)15-17(2)13(19)20/h5-6H,3-4,7H2,1-2H3. The Morgan fingerprint density at radius 1 is 1.29 bits per heavy atom. The Morgan fingerprint density at radius 3 is 2.88 bits per heavy atom. The van der Waals surface area contributed by atoms with E-state index in [1.807, 2.05) is 0 Å². The first-order valence-corrected chi connectivity index (χ1v) is 8.67. The van der Waals surface area contributed by atoms with Crippen LogP contribution in [0.5, 0.6) is 0 Å².